The monoisotopic (exact) mass is 315 g/mol. The second kappa shape index (κ2) is 8.03. The van der Waals surface area contributed by atoms with Gasteiger partial charge in [-0.1, -0.05) is 24.3 Å². The Morgan fingerprint density at radius 3 is 2.57 bits per heavy atom. The molecule has 0 fully saturated rings. The van der Waals surface area contributed by atoms with E-state index in [-0.39, 0.29) is 37.3 Å². The Labute approximate surface area is 134 Å². The van der Waals surface area contributed by atoms with Gasteiger partial charge < -0.3 is 10.2 Å². The van der Waals surface area contributed by atoms with Crippen LogP contribution in [0.25, 0.3) is 0 Å². The first-order chi connectivity index (χ1) is 11.1. The van der Waals surface area contributed by atoms with Gasteiger partial charge in [-0.15, -0.1) is 0 Å². The van der Waals surface area contributed by atoms with E-state index in [0.29, 0.717) is 11.3 Å². The Hall–Kier alpha value is -2.76. The van der Waals surface area contributed by atoms with Crippen molar-refractivity contribution in [3.8, 4) is 0 Å². The lowest BCUT2D eigenvalue weighted by Crippen LogP contribution is -2.39. The average molecular weight is 315 g/mol. The lowest BCUT2D eigenvalue weighted by Gasteiger charge is -2.20. The number of halogens is 1. The molecular weight excluding hydrogens is 297 g/mol. The number of hydrogen-bond acceptors (Lipinski definition) is 3. The summed E-state index contributed by atoms with van der Waals surface area (Å²) in [7, 11) is 0. The molecule has 0 bridgehead atoms. The molecule has 0 spiro atoms. The summed E-state index contributed by atoms with van der Waals surface area (Å²) in [5.74, 6) is -0.944. The van der Waals surface area contributed by atoms with Crippen LogP contribution in [0.15, 0.2) is 48.7 Å². The summed E-state index contributed by atoms with van der Waals surface area (Å²) in [6, 6.07) is 11.6. The van der Waals surface area contributed by atoms with E-state index in [1.165, 1.54) is 17.9 Å². The van der Waals surface area contributed by atoms with Gasteiger partial charge in [-0.25, -0.2) is 4.39 Å². The number of rotatable bonds is 6. The first-order valence-corrected chi connectivity index (χ1v) is 7.22. The van der Waals surface area contributed by atoms with Crippen molar-refractivity contribution in [1.29, 1.82) is 0 Å². The quantitative estimate of drug-likeness (QED) is 0.885. The topological polar surface area (TPSA) is 62.3 Å². The molecule has 0 unspecified atom stereocenters. The van der Waals surface area contributed by atoms with Gasteiger partial charge in [0.2, 0.25) is 11.8 Å². The largest absolute Gasteiger partial charge is 0.350 e. The van der Waals surface area contributed by atoms with Crippen LogP contribution in [0, 0.1) is 5.82 Å². The van der Waals surface area contributed by atoms with Crippen molar-refractivity contribution in [2.24, 2.45) is 0 Å². The van der Waals surface area contributed by atoms with Crippen molar-refractivity contribution in [2.45, 2.75) is 20.0 Å². The number of amides is 2. The normalized spacial score (nSPS) is 10.2. The number of nitrogens with zero attached hydrogens (tertiary/aromatic N) is 2. The maximum atomic E-state index is 13.5. The molecule has 120 valence electrons. The van der Waals surface area contributed by atoms with Gasteiger partial charge in [0.15, 0.2) is 0 Å². The first-order valence-electron chi connectivity index (χ1n) is 7.22. The number of benzene rings is 1. The Kier molecular flexibility index (Phi) is 5.80. The Bertz CT molecular complexity index is 677. The van der Waals surface area contributed by atoms with E-state index in [1.807, 2.05) is 6.07 Å². The molecule has 5 nitrogen and oxygen atoms in total. The molecule has 1 heterocycles. The number of carbonyl (C=O) groups is 2. The molecule has 0 saturated heterocycles. The minimum Gasteiger partial charge on any atom is -0.350 e. The zero-order valence-corrected chi connectivity index (χ0v) is 12.8. The van der Waals surface area contributed by atoms with Gasteiger partial charge in [-0.2, -0.15) is 0 Å². The molecule has 0 aliphatic carbocycles. The van der Waals surface area contributed by atoms with E-state index in [0.717, 1.165) is 0 Å². The van der Waals surface area contributed by atoms with Crippen LogP contribution in [0.2, 0.25) is 0 Å². The third-order valence-electron chi connectivity index (χ3n) is 3.29. The summed E-state index contributed by atoms with van der Waals surface area (Å²) < 4.78 is 13.5. The molecule has 1 aromatic carbocycles. The smallest absolute Gasteiger partial charge is 0.239 e. The van der Waals surface area contributed by atoms with Crippen molar-refractivity contribution in [1.82, 2.24) is 15.2 Å². The number of carbonyl (C=O) groups excluding carboxylic acids is 2. The number of nitrogens with one attached hydrogen (secondary N) is 1. The first kappa shape index (κ1) is 16.6. The van der Waals surface area contributed by atoms with Gasteiger partial charge >= 0.3 is 0 Å². The van der Waals surface area contributed by atoms with Crippen LogP contribution >= 0.6 is 0 Å². The Balaban J connectivity index is 1.91. The van der Waals surface area contributed by atoms with Crippen LogP contribution in [0.5, 0.6) is 0 Å². The van der Waals surface area contributed by atoms with Crippen molar-refractivity contribution >= 4 is 11.8 Å². The predicted molar refractivity (Wildman–Crippen MR) is 83.6 cm³/mol. The van der Waals surface area contributed by atoms with Crippen molar-refractivity contribution < 1.29 is 14.0 Å². The van der Waals surface area contributed by atoms with E-state index in [9.17, 15) is 14.0 Å². The third kappa shape index (κ3) is 5.18. The summed E-state index contributed by atoms with van der Waals surface area (Å²) in [6.07, 6.45) is 1.63. The fourth-order valence-corrected chi connectivity index (χ4v) is 2.03. The lowest BCUT2D eigenvalue weighted by molar-refractivity contribution is -0.135. The Morgan fingerprint density at radius 2 is 1.91 bits per heavy atom. The molecule has 0 aliphatic heterocycles. The van der Waals surface area contributed by atoms with Gasteiger partial charge in [0.25, 0.3) is 0 Å². The molecular formula is C17H18FN3O2. The zero-order valence-electron chi connectivity index (χ0n) is 12.8. The number of hydrogen-bond donors (Lipinski definition) is 1. The molecule has 1 aromatic heterocycles. The van der Waals surface area contributed by atoms with Gasteiger partial charge in [0, 0.05) is 25.2 Å². The van der Waals surface area contributed by atoms with Gasteiger partial charge in [-0.05, 0) is 18.2 Å². The van der Waals surface area contributed by atoms with Crippen LogP contribution in [-0.2, 0) is 22.7 Å². The molecule has 6 heteroatoms. The second-order valence-electron chi connectivity index (χ2n) is 5.06. The van der Waals surface area contributed by atoms with Gasteiger partial charge in [0.05, 0.1) is 18.8 Å². The molecule has 2 amide bonds. The summed E-state index contributed by atoms with van der Waals surface area (Å²) in [4.78, 5) is 29.2. The highest BCUT2D eigenvalue weighted by atomic mass is 19.1. The molecule has 2 aromatic rings. The number of aromatic nitrogens is 1. The van der Waals surface area contributed by atoms with Crippen LogP contribution < -0.4 is 5.32 Å². The van der Waals surface area contributed by atoms with E-state index < -0.39 is 0 Å². The average Bonchev–Trinajstić information content (AvgIpc) is 2.54. The molecule has 23 heavy (non-hydrogen) atoms. The minimum atomic E-state index is -0.371. The SMILES string of the molecule is CC(=O)N(CC(=O)NCc1ccccc1F)Cc1ccccn1. The molecule has 1 N–H and O–H groups in total. The second-order valence-corrected chi connectivity index (χ2v) is 5.06. The maximum Gasteiger partial charge on any atom is 0.239 e. The molecule has 0 atom stereocenters. The lowest BCUT2D eigenvalue weighted by atomic mass is 10.2. The van der Waals surface area contributed by atoms with Crippen molar-refractivity contribution in [3.05, 3.63) is 65.7 Å². The molecule has 0 aliphatic rings. The van der Waals surface area contributed by atoms with Crippen LogP contribution in [0.3, 0.4) is 0 Å². The van der Waals surface area contributed by atoms with E-state index >= 15 is 0 Å². The van der Waals surface area contributed by atoms with Crippen molar-refractivity contribution in [2.75, 3.05) is 6.54 Å². The molecule has 2 rings (SSSR count). The third-order valence-corrected chi connectivity index (χ3v) is 3.29. The highest BCUT2D eigenvalue weighted by Gasteiger charge is 2.14. The fourth-order valence-electron chi connectivity index (χ4n) is 2.03. The summed E-state index contributed by atoms with van der Waals surface area (Å²) in [5.41, 5.74) is 1.10. The fraction of sp³-hybridized carbons (Fsp3) is 0.235. The van der Waals surface area contributed by atoms with E-state index in [1.54, 1.807) is 36.5 Å². The highest BCUT2D eigenvalue weighted by molar-refractivity contribution is 5.83. The maximum absolute atomic E-state index is 13.5. The predicted octanol–water partition coefficient (Wildman–Crippen LogP) is 1.89. The Morgan fingerprint density at radius 1 is 1.17 bits per heavy atom. The molecule has 0 saturated carbocycles. The van der Waals surface area contributed by atoms with Crippen LogP contribution in [0.1, 0.15) is 18.2 Å². The zero-order chi connectivity index (χ0) is 16.7. The highest BCUT2D eigenvalue weighted by Crippen LogP contribution is 2.06. The standard InChI is InChI=1S/C17H18FN3O2/c1-13(22)21(11-15-7-4-5-9-19-15)12-17(23)20-10-14-6-2-3-8-16(14)18/h2-9H,10-12H2,1H3,(H,20,23). The summed E-state index contributed by atoms with van der Waals surface area (Å²) in [5, 5.41) is 2.62. The summed E-state index contributed by atoms with van der Waals surface area (Å²) in [6.45, 7) is 1.64. The van der Waals surface area contributed by atoms with E-state index in [2.05, 4.69) is 10.3 Å². The van der Waals surface area contributed by atoms with Gasteiger partial charge in [-0.3, -0.25) is 14.6 Å². The number of pyridine rings is 1. The van der Waals surface area contributed by atoms with Gasteiger partial charge in [0.1, 0.15) is 5.82 Å². The van der Waals surface area contributed by atoms with E-state index in [4.69, 9.17) is 0 Å². The van der Waals surface area contributed by atoms with Crippen LogP contribution in [-0.4, -0.2) is 28.2 Å². The molecule has 0 radical (unpaired) electrons. The summed E-state index contributed by atoms with van der Waals surface area (Å²) >= 11 is 0. The minimum absolute atomic E-state index is 0.0842. The van der Waals surface area contributed by atoms with Crippen LogP contribution in [0.4, 0.5) is 4.39 Å². The van der Waals surface area contributed by atoms with Crippen molar-refractivity contribution in [3.63, 3.8) is 0 Å².